The Morgan fingerprint density at radius 2 is 1.97 bits per heavy atom. The van der Waals surface area contributed by atoms with Crippen LogP contribution in [0.1, 0.15) is 37.4 Å². The van der Waals surface area contributed by atoms with E-state index in [9.17, 15) is 23.4 Å². The minimum atomic E-state index is -4.92. The van der Waals surface area contributed by atoms with Crippen LogP contribution in [-0.4, -0.2) is 32.2 Å². The molecule has 5 nitrogen and oxygen atoms in total. The lowest BCUT2D eigenvalue weighted by molar-refractivity contribution is -0.275. The summed E-state index contributed by atoms with van der Waals surface area (Å²) < 4.78 is 42.5. The zero-order valence-corrected chi connectivity index (χ0v) is 16.4. The van der Waals surface area contributed by atoms with Crippen molar-refractivity contribution >= 4 is 28.2 Å². The number of phenolic OH excluding ortho intramolecular Hbond substituents is 1. The maximum atomic E-state index is 14.2. The summed E-state index contributed by atoms with van der Waals surface area (Å²) in [6.07, 6.45) is -4.07. The van der Waals surface area contributed by atoms with Crippen molar-refractivity contribution in [1.29, 1.82) is 0 Å². The Morgan fingerprint density at radius 1 is 1.24 bits per heavy atom. The Labute approximate surface area is 169 Å². The highest BCUT2D eigenvalue weighted by Gasteiger charge is 2.64. The first-order chi connectivity index (χ1) is 13.5. The third-order valence-electron chi connectivity index (χ3n) is 5.61. The smallest absolute Gasteiger partial charge is 0.419 e. The zero-order valence-electron chi connectivity index (χ0n) is 15.6. The molecule has 2 aromatic carbocycles. The second-order valence-electron chi connectivity index (χ2n) is 8.06. The van der Waals surface area contributed by atoms with Crippen molar-refractivity contribution < 1.29 is 23.4 Å². The van der Waals surface area contributed by atoms with Crippen LogP contribution in [0.3, 0.4) is 0 Å². The second kappa shape index (κ2) is 6.27. The van der Waals surface area contributed by atoms with Crippen LogP contribution in [0.25, 0.3) is 10.9 Å². The minimum Gasteiger partial charge on any atom is -0.506 e. The Balaban J connectivity index is 1.95. The molecule has 0 spiro atoms. The molecular formula is C20H19ClF3N3O2. The van der Waals surface area contributed by atoms with Crippen LogP contribution in [0.5, 0.6) is 5.75 Å². The highest BCUT2D eigenvalue weighted by molar-refractivity contribution is 6.32. The molecule has 0 amide bonds. The van der Waals surface area contributed by atoms with E-state index in [1.54, 1.807) is 32.0 Å². The number of fused-ring (bicyclic) bond motifs is 2. The zero-order chi connectivity index (χ0) is 21.2. The van der Waals surface area contributed by atoms with Crippen LogP contribution in [0, 0.1) is 0 Å². The summed E-state index contributed by atoms with van der Waals surface area (Å²) in [6.45, 7) is 3.09. The van der Waals surface area contributed by atoms with Gasteiger partial charge in [-0.15, -0.1) is 0 Å². The van der Waals surface area contributed by atoms with Gasteiger partial charge in [0, 0.05) is 16.6 Å². The van der Waals surface area contributed by atoms with E-state index in [0.29, 0.717) is 16.6 Å². The molecule has 0 saturated carbocycles. The molecule has 2 atom stereocenters. The summed E-state index contributed by atoms with van der Waals surface area (Å²) >= 11 is 6.04. The number of alkyl halides is 3. The number of nitrogens with zero attached hydrogens (tertiary/aromatic N) is 1. The average molecular weight is 426 g/mol. The van der Waals surface area contributed by atoms with Gasteiger partial charge in [0.2, 0.25) is 0 Å². The fourth-order valence-corrected chi connectivity index (χ4v) is 4.52. The van der Waals surface area contributed by atoms with Gasteiger partial charge in [0.1, 0.15) is 5.75 Å². The topological polar surface area (TPSA) is 81.2 Å². The molecule has 3 aromatic rings. The number of rotatable bonds is 2. The Morgan fingerprint density at radius 3 is 2.66 bits per heavy atom. The van der Waals surface area contributed by atoms with Gasteiger partial charge in [0.05, 0.1) is 22.8 Å². The molecule has 1 heterocycles. The van der Waals surface area contributed by atoms with Crippen LogP contribution < -0.4 is 5.32 Å². The van der Waals surface area contributed by atoms with E-state index in [2.05, 4.69) is 15.5 Å². The third-order valence-corrected chi connectivity index (χ3v) is 5.92. The van der Waals surface area contributed by atoms with Gasteiger partial charge in [-0.3, -0.25) is 5.10 Å². The molecule has 1 aromatic heterocycles. The molecule has 0 unspecified atom stereocenters. The fourth-order valence-electron chi connectivity index (χ4n) is 4.37. The van der Waals surface area contributed by atoms with Gasteiger partial charge < -0.3 is 15.5 Å². The Bertz CT molecular complexity index is 1100. The number of benzene rings is 2. The summed E-state index contributed by atoms with van der Waals surface area (Å²) in [5, 5.41) is 31.7. The minimum absolute atomic E-state index is 0.0463. The lowest BCUT2D eigenvalue weighted by Gasteiger charge is -2.49. The van der Waals surface area contributed by atoms with Crippen LogP contribution in [0.15, 0.2) is 36.5 Å². The summed E-state index contributed by atoms with van der Waals surface area (Å²) in [5.74, 6) is -0.272. The molecule has 154 valence electrons. The van der Waals surface area contributed by atoms with E-state index in [4.69, 9.17) is 11.6 Å². The molecule has 29 heavy (non-hydrogen) atoms. The molecule has 0 saturated heterocycles. The van der Waals surface area contributed by atoms with E-state index in [0.717, 1.165) is 0 Å². The van der Waals surface area contributed by atoms with Crippen LogP contribution in [-0.2, 0) is 5.41 Å². The van der Waals surface area contributed by atoms with Gasteiger partial charge in [0.25, 0.3) is 0 Å². The molecule has 1 aliphatic carbocycles. The number of hydrogen-bond acceptors (Lipinski definition) is 4. The van der Waals surface area contributed by atoms with Crippen LogP contribution >= 0.6 is 11.6 Å². The third kappa shape index (κ3) is 2.93. The van der Waals surface area contributed by atoms with Gasteiger partial charge in [-0.05, 0) is 35.6 Å². The van der Waals surface area contributed by atoms with Crippen molar-refractivity contribution in [3.63, 3.8) is 0 Å². The van der Waals surface area contributed by atoms with Gasteiger partial charge in [-0.25, -0.2) is 0 Å². The first-order valence-corrected chi connectivity index (χ1v) is 9.33. The number of aliphatic hydroxyl groups is 1. The van der Waals surface area contributed by atoms with Gasteiger partial charge >= 0.3 is 6.18 Å². The number of nitrogens with one attached hydrogen (secondary N) is 2. The Kier molecular flexibility index (Phi) is 4.29. The van der Waals surface area contributed by atoms with Gasteiger partial charge in [0.15, 0.2) is 5.60 Å². The standard InChI is InChI=1S/C20H19ClF3N3O2/c1-18(2)9-19(29,20(22,23)24)17(10-6-7-12(21)16(28)15(10)18)26-13-4-3-5-14-11(13)8-25-27-14/h3-8,17,26,28-29H,9H2,1-2H3,(H,25,27)/t17-,19-/m0/s1. The maximum absolute atomic E-state index is 14.2. The van der Waals surface area contributed by atoms with Crippen molar-refractivity contribution in [2.45, 2.75) is 43.5 Å². The van der Waals surface area contributed by atoms with Crippen molar-refractivity contribution in [2.24, 2.45) is 0 Å². The summed E-state index contributed by atoms with van der Waals surface area (Å²) in [7, 11) is 0. The highest BCUT2D eigenvalue weighted by atomic mass is 35.5. The Hall–Kier alpha value is -2.45. The number of phenols is 1. The molecule has 0 fully saturated rings. The number of hydrogen-bond donors (Lipinski definition) is 4. The predicted molar refractivity (Wildman–Crippen MR) is 104 cm³/mol. The quantitative estimate of drug-likeness (QED) is 0.463. The number of anilines is 1. The average Bonchev–Trinajstić information content (AvgIpc) is 3.09. The van der Waals surface area contributed by atoms with Crippen molar-refractivity contribution in [2.75, 3.05) is 5.32 Å². The molecule has 9 heteroatoms. The van der Waals surface area contributed by atoms with Crippen LogP contribution in [0.2, 0.25) is 5.02 Å². The largest absolute Gasteiger partial charge is 0.506 e. The van der Waals surface area contributed by atoms with Crippen molar-refractivity contribution in [1.82, 2.24) is 10.2 Å². The van der Waals surface area contributed by atoms with E-state index < -0.39 is 29.7 Å². The first-order valence-electron chi connectivity index (χ1n) is 8.95. The van der Waals surface area contributed by atoms with Crippen LogP contribution in [0.4, 0.5) is 18.9 Å². The lowest BCUT2D eigenvalue weighted by atomic mass is 9.63. The lowest BCUT2D eigenvalue weighted by Crippen LogP contribution is -2.58. The molecular weight excluding hydrogens is 407 g/mol. The van der Waals surface area contributed by atoms with E-state index in [1.165, 1.54) is 18.3 Å². The number of aromatic nitrogens is 2. The van der Waals surface area contributed by atoms with Gasteiger partial charge in [-0.2, -0.15) is 18.3 Å². The fraction of sp³-hybridized carbons (Fsp3) is 0.350. The normalized spacial score (nSPS) is 23.8. The predicted octanol–water partition coefficient (Wildman–Crippen LogP) is 5.05. The van der Waals surface area contributed by atoms with E-state index >= 15 is 0 Å². The maximum Gasteiger partial charge on any atom is 0.419 e. The monoisotopic (exact) mass is 425 g/mol. The van der Waals surface area contributed by atoms with Gasteiger partial charge in [-0.1, -0.05) is 37.6 Å². The summed E-state index contributed by atoms with van der Waals surface area (Å²) in [4.78, 5) is 0. The van der Waals surface area contributed by atoms with Crippen molar-refractivity contribution in [3.8, 4) is 5.75 Å². The summed E-state index contributed by atoms with van der Waals surface area (Å²) in [5.41, 5.74) is -2.80. The number of aromatic hydroxyl groups is 1. The van der Waals surface area contributed by atoms with E-state index in [-0.39, 0.29) is 21.9 Å². The second-order valence-corrected chi connectivity index (χ2v) is 8.46. The van der Waals surface area contributed by atoms with E-state index in [1.807, 2.05) is 0 Å². The molecule has 4 N–H and O–H groups in total. The first kappa shape index (κ1) is 19.8. The molecule has 1 aliphatic rings. The molecule has 4 rings (SSSR count). The number of aromatic amines is 1. The highest BCUT2D eigenvalue weighted by Crippen LogP contribution is 2.57. The number of H-pyrrole nitrogens is 1. The molecule has 0 radical (unpaired) electrons. The summed E-state index contributed by atoms with van der Waals surface area (Å²) in [6, 6.07) is 6.22. The SMILES string of the molecule is CC1(C)C[C@@](O)(C(F)(F)F)[C@@H](Nc2cccc3[nH]ncc23)c2ccc(Cl)c(O)c21. The molecule has 0 aliphatic heterocycles. The molecule has 0 bridgehead atoms. The number of halogens is 4. The van der Waals surface area contributed by atoms with Crippen molar-refractivity contribution in [3.05, 3.63) is 52.7 Å².